The van der Waals surface area contributed by atoms with Gasteiger partial charge >= 0.3 is 6.01 Å². The maximum atomic E-state index is 12.2. The Morgan fingerprint density at radius 3 is 2.59 bits per heavy atom. The van der Waals surface area contributed by atoms with Crippen LogP contribution in [0.25, 0.3) is 17.1 Å². The van der Waals surface area contributed by atoms with Crippen LogP contribution in [0.5, 0.6) is 11.8 Å². The summed E-state index contributed by atoms with van der Waals surface area (Å²) in [7, 11) is 1.63. The number of carbonyl (C=O) groups excluding carboxylic acids is 1. The SMILES string of the molecule is CCOCCOc1nc(-c2ccc(OC)cc2)n(-c2cccc(NC(=O)CC(C)C)c2)n1. The van der Waals surface area contributed by atoms with E-state index in [-0.39, 0.29) is 17.8 Å². The van der Waals surface area contributed by atoms with Gasteiger partial charge in [-0.05, 0) is 55.3 Å². The molecule has 0 aliphatic rings. The Balaban J connectivity index is 1.91. The number of anilines is 1. The Morgan fingerprint density at radius 1 is 1.12 bits per heavy atom. The van der Waals surface area contributed by atoms with Crippen LogP contribution in [0.2, 0.25) is 0 Å². The highest BCUT2D eigenvalue weighted by Crippen LogP contribution is 2.26. The number of hydrogen-bond donors (Lipinski definition) is 1. The molecule has 3 rings (SSSR count). The number of carbonyl (C=O) groups is 1. The number of methoxy groups -OCH3 is 1. The lowest BCUT2D eigenvalue weighted by molar-refractivity contribution is -0.116. The molecule has 0 saturated heterocycles. The van der Waals surface area contributed by atoms with Crippen LogP contribution in [0, 0.1) is 5.92 Å². The van der Waals surface area contributed by atoms with Crippen LogP contribution in [0.4, 0.5) is 5.69 Å². The Bertz CT molecular complexity index is 1020. The predicted molar refractivity (Wildman–Crippen MR) is 123 cm³/mol. The number of nitrogens with one attached hydrogen (secondary N) is 1. The van der Waals surface area contributed by atoms with Gasteiger partial charge in [0.05, 0.1) is 19.4 Å². The molecule has 0 radical (unpaired) electrons. The van der Waals surface area contributed by atoms with Gasteiger partial charge in [-0.1, -0.05) is 19.9 Å². The smallest absolute Gasteiger partial charge is 0.336 e. The molecule has 1 N–H and O–H groups in total. The summed E-state index contributed by atoms with van der Waals surface area (Å²) in [4.78, 5) is 16.8. The Morgan fingerprint density at radius 2 is 1.91 bits per heavy atom. The molecule has 0 unspecified atom stereocenters. The molecule has 0 spiro atoms. The van der Waals surface area contributed by atoms with Crippen molar-refractivity contribution >= 4 is 11.6 Å². The Kier molecular flexibility index (Phi) is 8.21. The van der Waals surface area contributed by atoms with Crippen molar-refractivity contribution in [2.45, 2.75) is 27.2 Å². The molecule has 0 aliphatic carbocycles. The third-order valence-corrected chi connectivity index (χ3v) is 4.57. The van der Waals surface area contributed by atoms with E-state index in [1.807, 2.05) is 69.3 Å². The van der Waals surface area contributed by atoms with Crippen molar-refractivity contribution in [3.8, 4) is 28.8 Å². The number of amides is 1. The molecule has 3 aromatic rings. The summed E-state index contributed by atoms with van der Waals surface area (Å²) in [6, 6.07) is 15.3. The van der Waals surface area contributed by atoms with Crippen molar-refractivity contribution in [1.29, 1.82) is 0 Å². The van der Waals surface area contributed by atoms with E-state index in [4.69, 9.17) is 14.2 Å². The largest absolute Gasteiger partial charge is 0.497 e. The summed E-state index contributed by atoms with van der Waals surface area (Å²) in [6.07, 6.45) is 0.461. The number of ether oxygens (including phenoxy) is 3. The summed E-state index contributed by atoms with van der Waals surface area (Å²) in [5.74, 6) is 1.63. The second-order valence-electron chi connectivity index (χ2n) is 7.60. The molecular weight excluding hydrogens is 408 g/mol. The molecular formula is C24H30N4O4. The highest BCUT2D eigenvalue weighted by Gasteiger charge is 2.16. The number of aromatic nitrogens is 3. The van der Waals surface area contributed by atoms with Crippen LogP contribution < -0.4 is 14.8 Å². The van der Waals surface area contributed by atoms with Gasteiger partial charge in [0.25, 0.3) is 0 Å². The third kappa shape index (κ3) is 6.31. The zero-order valence-electron chi connectivity index (χ0n) is 19.0. The van der Waals surface area contributed by atoms with Crippen LogP contribution >= 0.6 is 0 Å². The van der Waals surface area contributed by atoms with Crippen molar-refractivity contribution in [3.05, 3.63) is 48.5 Å². The number of hydrogen-bond acceptors (Lipinski definition) is 6. The van der Waals surface area contributed by atoms with Crippen molar-refractivity contribution in [1.82, 2.24) is 14.8 Å². The Hall–Kier alpha value is -3.39. The summed E-state index contributed by atoms with van der Waals surface area (Å²) < 4.78 is 18.0. The monoisotopic (exact) mass is 438 g/mol. The maximum absolute atomic E-state index is 12.2. The molecule has 32 heavy (non-hydrogen) atoms. The molecule has 0 aliphatic heterocycles. The minimum absolute atomic E-state index is 0.0222. The van der Waals surface area contributed by atoms with Gasteiger partial charge in [0.2, 0.25) is 5.91 Å². The number of benzene rings is 2. The minimum Gasteiger partial charge on any atom is -0.497 e. The van der Waals surface area contributed by atoms with E-state index in [2.05, 4.69) is 15.4 Å². The van der Waals surface area contributed by atoms with E-state index in [0.29, 0.717) is 37.8 Å². The predicted octanol–water partition coefficient (Wildman–Crippen LogP) is 4.34. The molecule has 0 fully saturated rings. The zero-order valence-corrected chi connectivity index (χ0v) is 19.0. The average Bonchev–Trinajstić information content (AvgIpc) is 3.20. The van der Waals surface area contributed by atoms with Gasteiger partial charge < -0.3 is 19.5 Å². The number of nitrogens with zero attached hydrogens (tertiary/aromatic N) is 3. The summed E-state index contributed by atoms with van der Waals surface area (Å²) >= 11 is 0. The zero-order chi connectivity index (χ0) is 22.9. The van der Waals surface area contributed by atoms with Crippen molar-refractivity contribution in [3.63, 3.8) is 0 Å². The summed E-state index contributed by atoms with van der Waals surface area (Å²) in [6.45, 7) is 7.39. The first-order valence-electron chi connectivity index (χ1n) is 10.7. The van der Waals surface area contributed by atoms with Gasteiger partial charge in [0, 0.05) is 24.3 Å². The highest BCUT2D eigenvalue weighted by molar-refractivity contribution is 5.91. The van der Waals surface area contributed by atoms with E-state index >= 15 is 0 Å². The van der Waals surface area contributed by atoms with E-state index in [0.717, 1.165) is 17.0 Å². The first kappa shape index (κ1) is 23.3. The second kappa shape index (κ2) is 11.3. The fraction of sp³-hybridized carbons (Fsp3) is 0.375. The molecule has 8 heteroatoms. The van der Waals surface area contributed by atoms with Crippen LogP contribution in [-0.4, -0.2) is 47.6 Å². The van der Waals surface area contributed by atoms with Crippen molar-refractivity contribution in [2.75, 3.05) is 32.2 Å². The summed E-state index contributed by atoms with van der Waals surface area (Å²) in [5.41, 5.74) is 2.31. The van der Waals surface area contributed by atoms with Gasteiger partial charge in [0.15, 0.2) is 5.82 Å². The second-order valence-corrected chi connectivity index (χ2v) is 7.60. The lowest BCUT2D eigenvalue weighted by Gasteiger charge is -2.10. The lowest BCUT2D eigenvalue weighted by atomic mass is 10.1. The maximum Gasteiger partial charge on any atom is 0.336 e. The number of rotatable bonds is 11. The van der Waals surface area contributed by atoms with Gasteiger partial charge in [-0.3, -0.25) is 4.79 Å². The molecule has 170 valence electrons. The first-order valence-corrected chi connectivity index (χ1v) is 10.7. The average molecular weight is 439 g/mol. The lowest BCUT2D eigenvalue weighted by Crippen LogP contribution is -2.14. The molecule has 0 bridgehead atoms. The minimum atomic E-state index is -0.0222. The highest BCUT2D eigenvalue weighted by atomic mass is 16.5. The molecule has 2 aromatic carbocycles. The molecule has 0 atom stereocenters. The van der Waals surface area contributed by atoms with Gasteiger partial charge in [-0.2, -0.15) is 4.98 Å². The molecule has 0 saturated carbocycles. The van der Waals surface area contributed by atoms with Crippen LogP contribution in [0.1, 0.15) is 27.2 Å². The van der Waals surface area contributed by atoms with Gasteiger partial charge in [0.1, 0.15) is 12.4 Å². The van der Waals surface area contributed by atoms with E-state index in [1.165, 1.54) is 0 Å². The van der Waals surface area contributed by atoms with Crippen LogP contribution in [0.3, 0.4) is 0 Å². The van der Waals surface area contributed by atoms with E-state index in [1.54, 1.807) is 11.8 Å². The molecule has 8 nitrogen and oxygen atoms in total. The fourth-order valence-corrected chi connectivity index (χ4v) is 3.10. The molecule has 1 aromatic heterocycles. The Labute approximate surface area is 188 Å². The van der Waals surface area contributed by atoms with Crippen molar-refractivity contribution in [2.24, 2.45) is 5.92 Å². The normalized spacial score (nSPS) is 10.9. The topological polar surface area (TPSA) is 87.5 Å². The third-order valence-electron chi connectivity index (χ3n) is 4.57. The van der Waals surface area contributed by atoms with Gasteiger partial charge in [-0.25, -0.2) is 4.68 Å². The standard InChI is InChI=1S/C24H30N4O4/c1-5-31-13-14-32-24-26-23(18-9-11-21(30-4)12-10-18)28(27-24)20-8-6-7-19(16-20)25-22(29)15-17(2)3/h6-12,16-17H,5,13-15H2,1-4H3,(H,25,29). The summed E-state index contributed by atoms with van der Waals surface area (Å²) in [5, 5.41) is 7.50. The fourth-order valence-electron chi connectivity index (χ4n) is 3.10. The van der Waals surface area contributed by atoms with Gasteiger partial charge in [-0.15, -0.1) is 5.10 Å². The van der Waals surface area contributed by atoms with E-state index in [9.17, 15) is 4.79 Å². The van der Waals surface area contributed by atoms with Crippen LogP contribution in [-0.2, 0) is 9.53 Å². The first-order chi connectivity index (χ1) is 15.5. The molecule has 1 amide bonds. The van der Waals surface area contributed by atoms with Crippen LogP contribution in [0.15, 0.2) is 48.5 Å². The van der Waals surface area contributed by atoms with E-state index < -0.39 is 0 Å². The molecule has 1 heterocycles. The van der Waals surface area contributed by atoms with Crippen molar-refractivity contribution < 1.29 is 19.0 Å². The quantitative estimate of drug-likeness (QED) is 0.448.